The molecule has 0 unspecified atom stereocenters. The third-order valence-corrected chi connectivity index (χ3v) is 13.2. The van der Waals surface area contributed by atoms with Crippen LogP contribution < -0.4 is 65.5 Å². The molecule has 20 N–H and O–H groups in total. The number of ketones is 3. The molecule has 8 amide bonds. The molecule has 1 aliphatic rings. The number of nitrogens with two attached hydrogens (primary N) is 4. The van der Waals surface area contributed by atoms with Gasteiger partial charge >= 0.3 is 0 Å². The first-order valence-corrected chi connectivity index (χ1v) is 27.3. The van der Waals surface area contributed by atoms with Crippen molar-refractivity contribution in [3.8, 4) is 0 Å². The van der Waals surface area contributed by atoms with Crippen LogP contribution in [-0.2, 0) is 52.7 Å². The number of hydrogen-bond donors (Lipinski definition) is 16. The van der Waals surface area contributed by atoms with Crippen LogP contribution in [0, 0.1) is 23.7 Å². The van der Waals surface area contributed by atoms with Gasteiger partial charge < -0.3 is 85.9 Å². The van der Waals surface area contributed by atoms with E-state index in [4.69, 9.17) is 22.9 Å². The van der Waals surface area contributed by atoms with E-state index in [1.54, 1.807) is 13.8 Å². The number of unbranched alkanes of at least 4 members (excludes halogenated alkanes) is 4. The molecule has 27 nitrogen and oxygen atoms in total. The average molecular weight is 1110 g/mol. The molecular formula is C51H92N12O15. The minimum absolute atomic E-state index is 0.0407. The Morgan fingerprint density at radius 3 is 1.69 bits per heavy atom. The van der Waals surface area contributed by atoms with Crippen LogP contribution in [-0.4, -0.2) is 185 Å². The molecule has 0 aromatic carbocycles. The van der Waals surface area contributed by atoms with Crippen molar-refractivity contribution in [3.05, 3.63) is 0 Å². The maximum atomic E-state index is 14.3. The van der Waals surface area contributed by atoms with Crippen molar-refractivity contribution in [3.63, 3.8) is 0 Å². The van der Waals surface area contributed by atoms with Crippen molar-refractivity contribution < 1.29 is 73.2 Å². The zero-order chi connectivity index (χ0) is 59.1. The average Bonchev–Trinajstić information content (AvgIpc) is 3.37. The third kappa shape index (κ3) is 25.5. The molecule has 0 saturated carbocycles. The molecule has 12 atom stereocenters. The number of aliphatic hydroxyl groups excluding tert-OH is 4. The maximum Gasteiger partial charge on any atom is 0.245 e. The van der Waals surface area contributed by atoms with E-state index in [0.717, 1.165) is 25.7 Å². The smallest absolute Gasteiger partial charge is 0.245 e. The first kappa shape index (κ1) is 70.5. The van der Waals surface area contributed by atoms with E-state index in [9.17, 15) is 73.2 Å². The Hall–Kier alpha value is -5.55. The highest BCUT2D eigenvalue weighted by atomic mass is 16.3. The Bertz CT molecular complexity index is 1960. The van der Waals surface area contributed by atoms with Gasteiger partial charge in [0, 0.05) is 44.1 Å². The highest BCUT2D eigenvalue weighted by Crippen LogP contribution is 2.20. The summed E-state index contributed by atoms with van der Waals surface area (Å²) in [5.41, 5.74) is 23.1. The van der Waals surface area contributed by atoms with E-state index in [-0.39, 0.29) is 82.8 Å². The van der Waals surface area contributed by atoms with Crippen molar-refractivity contribution in [2.24, 2.45) is 46.6 Å². The quantitative estimate of drug-likeness (QED) is 0.0313. The molecule has 0 aliphatic carbocycles. The van der Waals surface area contributed by atoms with Crippen LogP contribution in [0.3, 0.4) is 0 Å². The normalized spacial score (nSPS) is 23.7. The Kier molecular flexibility index (Phi) is 34.4. The molecule has 78 heavy (non-hydrogen) atoms. The lowest BCUT2D eigenvalue weighted by Gasteiger charge is -2.28. The van der Waals surface area contributed by atoms with Gasteiger partial charge in [-0.1, -0.05) is 46.5 Å². The van der Waals surface area contributed by atoms with E-state index < -0.39 is 170 Å². The van der Waals surface area contributed by atoms with Gasteiger partial charge in [-0.15, -0.1) is 0 Å². The van der Waals surface area contributed by atoms with Gasteiger partial charge in [-0.2, -0.15) is 0 Å². The molecule has 1 saturated heterocycles. The number of nitrogens with one attached hydrogen (secondary N) is 8. The van der Waals surface area contributed by atoms with Crippen LogP contribution in [0.5, 0.6) is 0 Å². The fourth-order valence-corrected chi connectivity index (χ4v) is 8.71. The number of carbonyl (C=O) groups excluding carboxylic acids is 11. The first-order valence-electron chi connectivity index (χ1n) is 27.3. The second-order valence-electron chi connectivity index (χ2n) is 20.5. The predicted octanol–water partition coefficient (Wildman–Crippen LogP) is -4.83. The molecule has 1 aliphatic heterocycles. The summed E-state index contributed by atoms with van der Waals surface area (Å²) < 4.78 is 0. The lowest BCUT2D eigenvalue weighted by Crippen LogP contribution is -2.61. The van der Waals surface area contributed by atoms with Gasteiger partial charge in [0.1, 0.15) is 42.0 Å². The first-order chi connectivity index (χ1) is 36.9. The van der Waals surface area contributed by atoms with Crippen LogP contribution >= 0.6 is 0 Å². The fraction of sp³-hybridized carbons (Fsp3) is 0.784. The Balaban J connectivity index is 3.72. The molecule has 0 aromatic heterocycles. The van der Waals surface area contributed by atoms with Gasteiger partial charge in [0.2, 0.25) is 47.3 Å². The van der Waals surface area contributed by atoms with Gasteiger partial charge in [-0.05, 0) is 90.9 Å². The Morgan fingerprint density at radius 2 is 1.15 bits per heavy atom. The zero-order valence-corrected chi connectivity index (χ0v) is 46.2. The molecule has 0 aromatic rings. The van der Waals surface area contributed by atoms with Gasteiger partial charge in [0.05, 0.1) is 37.4 Å². The SMILES string of the molecule is CCCCCCCC(=O)C[C@@H](CCN)C(=O)N[C@@H](CO)C(=O)C[C@H](CO)C(=O)N[C@H]1CCNC(=O)[C@H]([C@@H](C)O)NC(=O)[C@H](CCN)NC(=O)[C@H](CCN)NC(=O)[C@H]([C@@H](C)O)NC(=O)[C@@H](CC(C)C)CC(=O)[C@H](CCN)NC1=O. The third-order valence-electron chi connectivity index (χ3n) is 13.2. The number of amides is 8. The topological polar surface area (TPSA) is 469 Å². The predicted molar refractivity (Wildman–Crippen MR) is 286 cm³/mol. The minimum Gasteiger partial charge on any atom is -0.396 e. The largest absolute Gasteiger partial charge is 0.396 e. The van der Waals surface area contributed by atoms with Crippen LogP contribution in [0.15, 0.2) is 0 Å². The van der Waals surface area contributed by atoms with Crippen LogP contribution in [0.1, 0.15) is 131 Å². The van der Waals surface area contributed by atoms with E-state index in [2.05, 4.69) is 49.5 Å². The monoisotopic (exact) mass is 1110 g/mol. The van der Waals surface area contributed by atoms with E-state index in [0.29, 0.717) is 6.42 Å². The minimum atomic E-state index is -1.70. The van der Waals surface area contributed by atoms with E-state index in [1.165, 1.54) is 13.8 Å². The number of carbonyl (C=O) groups is 11. The molecule has 1 fully saturated rings. The number of rotatable bonds is 29. The molecule has 0 radical (unpaired) electrons. The maximum absolute atomic E-state index is 14.3. The van der Waals surface area contributed by atoms with Gasteiger partial charge in [-0.25, -0.2) is 0 Å². The second kappa shape index (κ2) is 38.1. The Morgan fingerprint density at radius 1 is 0.615 bits per heavy atom. The standard InChI is InChI=1S/C51H92N12O15/c1-6-7-8-9-10-11-34(68)23-31(12-17-52)44(71)61-39(27-65)41(70)25-33(26-64)46(73)58-38-16-21-56-50(77)42(29(4)66)63-49(76)37(15-20-55)59-47(74)36(14-19-54)60-51(78)43(30(5)67)62-45(72)32(22-28(2)3)24-40(69)35(13-18-53)57-48(38)75/h28-33,35-39,42-43,64-67H,6-27,52-55H2,1-5H3,(H,56,77)(H,57,75)(H,58,73)(H,59,74)(H,60,78)(H,61,71)(H,62,72)(H,63,76)/t29-,30-,31-,32+,33-,35+,36+,37+,38+,39+,42+,43+/m1/s1. The van der Waals surface area contributed by atoms with E-state index >= 15 is 0 Å². The van der Waals surface area contributed by atoms with Crippen LogP contribution in [0.4, 0.5) is 0 Å². The molecular weight excluding hydrogens is 1020 g/mol. The lowest BCUT2D eigenvalue weighted by atomic mass is 9.88. The van der Waals surface area contributed by atoms with Crippen molar-refractivity contribution >= 4 is 64.6 Å². The van der Waals surface area contributed by atoms with Gasteiger partial charge in [0.15, 0.2) is 11.6 Å². The highest BCUT2D eigenvalue weighted by Gasteiger charge is 2.38. The summed E-state index contributed by atoms with van der Waals surface area (Å²) in [5.74, 6) is -13.3. The summed E-state index contributed by atoms with van der Waals surface area (Å²) in [6, 6.07) is -10.9. The summed E-state index contributed by atoms with van der Waals surface area (Å²) in [6.45, 7) is 5.13. The molecule has 1 heterocycles. The number of hydrogen-bond acceptors (Lipinski definition) is 19. The number of aliphatic hydroxyl groups is 4. The summed E-state index contributed by atoms with van der Waals surface area (Å²) in [6.07, 6.45) is -0.693. The van der Waals surface area contributed by atoms with E-state index in [1.807, 2.05) is 0 Å². The van der Waals surface area contributed by atoms with Crippen LogP contribution in [0.2, 0.25) is 0 Å². The van der Waals surface area contributed by atoms with Gasteiger partial charge in [-0.3, -0.25) is 52.7 Å². The Labute approximate surface area is 457 Å². The summed E-state index contributed by atoms with van der Waals surface area (Å²) in [4.78, 5) is 151. The molecule has 446 valence electrons. The number of Topliss-reactive ketones (excluding diaryl/α,β-unsaturated/α-hetero) is 3. The zero-order valence-electron chi connectivity index (χ0n) is 46.2. The summed E-state index contributed by atoms with van der Waals surface area (Å²) >= 11 is 0. The van der Waals surface area contributed by atoms with Crippen molar-refractivity contribution in [1.82, 2.24) is 42.5 Å². The van der Waals surface area contributed by atoms with Crippen LogP contribution in [0.25, 0.3) is 0 Å². The molecule has 27 heteroatoms. The van der Waals surface area contributed by atoms with Crippen molar-refractivity contribution in [2.75, 3.05) is 45.9 Å². The summed E-state index contributed by atoms with van der Waals surface area (Å²) in [7, 11) is 0. The van der Waals surface area contributed by atoms with Gasteiger partial charge in [0.25, 0.3) is 0 Å². The summed E-state index contributed by atoms with van der Waals surface area (Å²) in [5, 5.41) is 61.6. The molecule has 0 bridgehead atoms. The lowest BCUT2D eigenvalue weighted by molar-refractivity contribution is -0.138. The highest BCUT2D eigenvalue weighted by molar-refractivity contribution is 5.99. The fourth-order valence-electron chi connectivity index (χ4n) is 8.71. The second-order valence-corrected chi connectivity index (χ2v) is 20.5. The molecule has 0 spiro atoms. The van der Waals surface area contributed by atoms with Crippen molar-refractivity contribution in [1.29, 1.82) is 0 Å². The molecule has 1 rings (SSSR count). The van der Waals surface area contributed by atoms with Crippen molar-refractivity contribution in [2.45, 2.75) is 185 Å².